The smallest absolute Gasteiger partial charge is 0.266 e. The van der Waals surface area contributed by atoms with E-state index in [4.69, 9.17) is 4.74 Å². The zero-order chi connectivity index (χ0) is 14.0. The van der Waals surface area contributed by atoms with Gasteiger partial charge in [0.2, 0.25) is 5.91 Å². The maximum atomic E-state index is 12.0. The molecule has 1 heterocycles. The first-order valence-electron chi connectivity index (χ1n) is 5.85. The lowest BCUT2D eigenvalue weighted by molar-refractivity contribution is -0.429. The fourth-order valence-electron chi connectivity index (χ4n) is 2.13. The van der Waals surface area contributed by atoms with Crippen LogP contribution in [0.15, 0.2) is 35.7 Å². The van der Waals surface area contributed by atoms with E-state index in [1.54, 1.807) is 38.3 Å². The number of rotatable bonds is 3. The molecule has 0 unspecified atom stereocenters. The van der Waals surface area contributed by atoms with Crippen molar-refractivity contribution in [3.63, 3.8) is 0 Å². The molecular formula is C13H14N2O4. The summed E-state index contributed by atoms with van der Waals surface area (Å²) in [5.41, 5.74) is 1.09. The zero-order valence-electron chi connectivity index (χ0n) is 10.8. The van der Waals surface area contributed by atoms with E-state index in [9.17, 15) is 14.9 Å². The fraction of sp³-hybridized carbons (Fsp3) is 0.308. The summed E-state index contributed by atoms with van der Waals surface area (Å²) in [6.07, 6.45) is 0.337. The molecule has 19 heavy (non-hydrogen) atoms. The molecule has 0 radical (unpaired) electrons. The van der Waals surface area contributed by atoms with Crippen LogP contribution in [0.2, 0.25) is 0 Å². The van der Waals surface area contributed by atoms with Crippen LogP contribution in [0.4, 0.5) is 5.69 Å². The van der Waals surface area contributed by atoms with E-state index in [0.717, 1.165) is 0 Å². The molecule has 0 N–H and O–H groups in total. The Kier molecular flexibility index (Phi) is 3.50. The van der Waals surface area contributed by atoms with Crippen LogP contribution in [-0.2, 0) is 4.79 Å². The van der Waals surface area contributed by atoms with E-state index in [-0.39, 0.29) is 24.4 Å². The summed E-state index contributed by atoms with van der Waals surface area (Å²) >= 11 is 0. The highest BCUT2D eigenvalue weighted by molar-refractivity contribution is 5.97. The molecule has 1 aliphatic rings. The van der Waals surface area contributed by atoms with Gasteiger partial charge in [-0.25, -0.2) is 0 Å². The predicted molar refractivity (Wildman–Crippen MR) is 69.4 cm³/mol. The molecule has 1 amide bonds. The molecule has 1 aromatic carbocycles. The van der Waals surface area contributed by atoms with Gasteiger partial charge in [0.05, 0.1) is 17.7 Å². The largest absolute Gasteiger partial charge is 0.497 e. The highest BCUT2D eigenvalue weighted by Gasteiger charge is 2.31. The van der Waals surface area contributed by atoms with E-state index in [1.807, 2.05) is 0 Å². The summed E-state index contributed by atoms with van der Waals surface area (Å²) in [7, 11) is 1.55. The third kappa shape index (κ3) is 2.42. The van der Waals surface area contributed by atoms with Gasteiger partial charge in [-0.1, -0.05) is 0 Å². The number of methoxy groups -OCH3 is 1. The quantitative estimate of drug-likeness (QED) is 0.619. The lowest BCUT2D eigenvalue weighted by Gasteiger charge is -2.26. The molecule has 0 spiro atoms. The van der Waals surface area contributed by atoms with Crippen LogP contribution in [0.1, 0.15) is 19.8 Å². The molecule has 2 rings (SSSR count). The normalized spacial score (nSPS) is 15.7. The highest BCUT2D eigenvalue weighted by Crippen LogP contribution is 2.30. The second-order valence-corrected chi connectivity index (χ2v) is 4.22. The van der Waals surface area contributed by atoms with Gasteiger partial charge in [0.1, 0.15) is 5.75 Å². The summed E-state index contributed by atoms with van der Waals surface area (Å²) < 4.78 is 5.05. The van der Waals surface area contributed by atoms with Crippen molar-refractivity contribution < 1.29 is 14.5 Å². The third-order valence-electron chi connectivity index (χ3n) is 3.13. The van der Waals surface area contributed by atoms with Crippen LogP contribution in [0.3, 0.4) is 0 Å². The SMILES string of the molecule is COc1ccc(N2C(=O)CCC([N+](=O)[O-])=C2C)cc1. The minimum atomic E-state index is -0.418. The van der Waals surface area contributed by atoms with Gasteiger partial charge in [0, 0.05) is 18.5 Å². The van der Waals surface area contributed by atoms with Gasteiger partial charge < -0.3 is 4.74 Å². The average molecular weight is 262 g/mol. The van der Waals surface area contributed by atoms with Crippen molar-refractivity contribution in [3.8, 4) is 5.75 Å². The first kappa shape index (κ1) is 13.1. The number of anilines is 1. The molecule has 6 nitrogen and oxygen atoms in total. The van der Waals surface area contributed by atoms with Crippen molar-refractivity contribution in [1.29, 1.82) is 0 Å². The molecule has 0 aliphatic carbocycles. The van der Waals surface area contributed by atoms with Crippen LogP contribution in [0.25, 0.3) is 0 Å². The molecule has 0 saturated heterocycles. The van der Waals surface area contributed by atoms with E-state index in [2.05, 4.69) is 0 Å². The number of ether oxygens (including phenoxy) is 1. The van der Waals surface area contributed by atoms with Crippen molar-refractivity contribution in [1.82, 2.24) is 0 Å². The summed E-state index contributed by atoms with van der Waals surface area (Å²) in [6, 6.07) is 6.86. The maximum Gasteiger partial charge on any atom is 0.266 e. The molecular weight excluding hydrogens is 248 g/mol. The van der Waals surface area contributed by atoms with Gasteiger partial charge in [0.25, 0.3) is 5.70 Å². The fourth-order valence-corrected chi connectivity index (χ4v) is 2.13. The van der Waals surface area contributed by atoms with Gasteiger partial charge in [-0.15, -0.1) is 0 Å². The Morgan fingerprint density at radius 2 is 1.89 bits per heavy atom. The molecule has 0 atom stereocenters. The van der Waals surface area contributed by atoms with Gasteiger partial charge in [-0.05, 0) is 31.2 Å². The number of nitrogens with zero attached hydrogens (tertiary/aromatic N) is 2. The van der Waals surface area contributed by atoms with Crippen LogP contribution >= 0.6 is 0 Å². The summed E-state index contributed by atoms with van der Waals surface area (Å²) in [5.74, 6) is 0.539. The zero-order valence-corrected chi connectivity index (χ0v) is 10.8. The molecule has 0 bridgehead atoms. The second-order valence-electron chi connectivity index (χ2n) is 4.22. The molecule has 0 saturated carbocycles. The number of carbonyl (C=O) groups excluding carboxylic acids is 1. The van der Waals surface area contributed by atoms with Crippen molar-refractivity contribution in [2.45, 2.75) is 19.8 Å². The Morgan fingerprint density at radius 1 is 1.26 bits per heavy atom. The number of hydrogen-bond donors (Lipinski definition) is 0. The highest BCUT2D eigenvalue weighted by atomic mass is 16.6. The topological polar surface area (TPSA) is 72.7 Å². The first-order chi connectivity index (χ1) is 9.04. The van der Waals surface area contributed by atoms with Crippen LogP contribution in [0, 0.1) is 10.1 Å². The van der Waals surface area contributed by atoms with Gasteiger partial charge in [0.15, 0.2) is 0 Å². The Bertz CT molecular complexity index is 548. The molecule has 0 fully saturated rings. The second kappa shape index (κ2) is 5.09. The van der Waals surface area contributed by atoms with E-state index >= 15 is 0 Å². The number of hydrogen-bond acceptors (Lipinski definition) is 4. The minimum absolute atomic E-state index is 0.0930. The summed E-state index contributed by atoms with van der Waals surface area (Å²) in [6.45, 7) is 1.60. The van der Waals surface area contributed by atoms with E-state index < -0.39 is 4.92 Å². The Balaban J connectivity index is 2.42. The molecule has 100 valence electrons. The van der Waals surface area contributed by atoms with Crippen molar-refractivity contribution in [2.75, 3.05) is 12.0 Å². The van der Waals surface area contributed by atoms with Crippen molar-refractivity contribution in [3.05, 3.63) is 45.8 Å². The standard InChI is InChI=1S/C13H14N2O4/c1-9-12(15(17)18)7-8-13(16)14(9)10-3-5-11(19-2)6-4-10/h3-6H,7-8H2,1-2H3. The van der Waals surface area contributed by atoms with Crippen LogP contribution in [-0.4, -0.2) is 17.9 Å². The summed E-state index contributed by atoms with van der Waals surface area (Å²) in [5, 5.41) is 10.9. The third-order valence-corrected chi connectivity index (χ3v) is 3.13. The number of carbonyl (C=O) groups is 1. The monoisotopic (exact) mass is 262 g/mol. The van der Waals surface area contributed by atoms with Crippen LogP contribution in [0.5, 0.6) is 5.75 Å². The number of amides is 1. The molecule has 1 aliphatic heterocycles. The van der Waals surface area contributed by atoms with Gasteiger partial charge in [-0.2, -0.15) is 0 Å². The summed E-state index contributed by atoms with van der Waals surface area (Å²) in [4.78, 5) is 23.9. The number of allylic oxidation sites excluding steroid dienone is 2. The van der Waals surface area contributed by atoms with Crippen molar-refractivity contribution in [2.24, 2.45) is 0 Å². The Morgan fingerprint density at radius 3 is 2.42 bits per heavy atom. The Hall–Kier alpha value is -2.37. The molecule has 6 heteroatoms. The lowest BCUT2D eigenvalue weighted by atomic mass is 10.1. The first-order valence-corrected chi connectivity index (χ1v) is 5.85. The predicted octanol–water partition coefficient (Wildman–Crippen LogP) is 2.33. The maximum absolute atomic E-state index is 12.0. The number of benzene rings is 1. The van der Waals surface area contributed by atoms with Crippen molar-refractivity contribution >= 4 is 11.6 Å². The number of nitro groups is 1. The van der Waals surface area contributed by atoms with Gasteiger partial charge in [-0.3, -0.25) is 19.8 Å². The lowest BCUT2D eigenvalue weighted by Crippen LogP contribution is -2.34. The van der Waals surface area contributed by atoms with E-state index in [0.29, 0.717) is 17.1 Å². The molecule has 1 aromatic rings. The Labute approximate surface area is 110 Å². The van der Waals surface area contributed by atoms with E-state index in [1.165, 1.54) is 4.90 Å². The minimum Gasteiger partial charge on any atom is -0.497 e. The van der Waals surface area contributed by atoms with Gasteiger partial charge >= 0.3 is 0 Å². The van der Waals surface area contributed by atoms with Crippen LogP contribution < -0.4 is 9.64 Å². The average Bonchev–Trinajstić information content (AvgIpc) is 2.39. The molecule has 0 aromatic heterocycles.